The second kappa shape index (κ2) is 17.6. The number of nitrogens with two attached hydrogens (primary N) is 1. The van der Waals surface area contributed by atoms with Crippen LogP contribution in [0.1, 0.15) is 39.7 Å². The average Bonchev–Trinajstić information content (AvgIpc) is 2.94. The lowest BCUT2D eigenvalue weighted by Crippen LogP contribution is -2.36. The molecule has 0 aliphatic carbocycles. The zero-order valence-electron chi connectivity index (χ0n) is 25.9. The van der Waals surface area contributed by atoms with Gasteiger partial charge in [0.1, 0.15) is 17.6 Å². The molecule has 6 atom stereocenters. The Labute approximate surface area is 261 Å². The van der Waals surface area contributed by atoms with Gasteiger partial charge in [0.2, 0.25) is 0 Å². The highest BCUT2D eigenvalue weighted by Gasteiger charge is 2.30. The molecule has 0 saturated heterocycles. The van der Waals surface area contributed by atoms with Crippen LogP contribution in [-0.2, 0) is 25.4 Å². The number of hydrogen-bond donors (Lipinski definition) is 6. The van der Waals surface area contributed by atoms with E-state index in [0.717, 1.165) is 5.57 Å². The summed E-state index contributed by atoms with van der Waals surface area (Å²) < 4.78 is 17.2. The van der Waals surface area contributed by atoms with Gasteiger partial charge in [-0.05, 0) is 44.8 Å². The van der Waals surface area contributed by atoms with Crippen molar-refractivity contribution in [2.75, 3.05) is 31.4 Å². The number of methoxy groups -OCH3 is 2. The Hall–Kier alpha value is -3.44. The number of aliphatic hydroxyl groups excluding tert-OH is 1. The molecule has 0 fully saturated rings. The molecular formula is C32H48ClN3O7. The number of allylic oxidation sites excluding steroid dienone is 2. The minimum atomic E-state index is -0.871. The van der Waals surface area contributed by atoms with Gasteiger partial charge in [-0.25, -0.2) is 0 Å². The van der Waals surface area contributed by atoms with E-state index in [4.69, 9.17) is 19.9 Å². The van der Waals surface area contributed by atoms with Gasteiger partial charge < -0.3 is 45.9 Å². The summed E-state index contributed by atoms with van der Waals surface area (Å²) in [5.41, 5.74) is 7.74. The third kappa shape index (κ3) is 10.4. The number of aliphatic hydroxyl groups is 1. The van der Waals surface area contributed by atoms with Gasteiger partial charge in [0, 0.05) is 43.9 Å². The number of hydrogen-bond acceptors (Lipinski definition) is 9. The normalized spacial score (nSPS) is 28.6. The van der Waals surface area contributed by atoms with Crippen molar-refractivity contribution in [3.63, 3.8) is 0 Å². The molecule has 0 aromatic heterocycles. The first kappa shape index (κ1) is 37.6. The maximum atomic E-state index is 13.0. The number of phenols is 2. The summed E-state index contributed by atoms with van der Waals surface area (Å²) in [7, 11) is 3.07. The van der Waals surface area contributed by atoms with Crippen molar-refractivity contribution in [3.8, 4) is 11.5 Å². The molecule has 0 spiro atoms. The topological polar surface area (TPSA) is 156 Å². The molecule has 43 heavy (non-hydrogen) atoms. The highest BCUT2D eigenvalue weighted by molar-refractivity contribution is 6.04. The van der Waals surface area contributed by atoms with E-state index in [1.54, 1.807) is 38.3 Å². The van der Waals surface area contributed by atoms with E-state index in [-0.39, 0.29) is 47.3 Å². The first-order valence-corrected chi connectivity index (χ1v) is 14.0. The maximum absolute atomic E-state index is 13.0. The van der Waals surface area contributed by atoms with Gasteiger partial charge in [0.25, 0.3) is 5.91 Å². The lowest BCUT2D eigenvalue weighted by atomic mass is 9.87. The van der Waals surface area contributed by atoms with E-state index < -0.39 is 30.3 Å². The molecular weight excluding hydrogens is 574 g/mol. The molecule has 7 N–H and O–H groups in total. The third-order valence-electron chi connectivity index (χ3n) is 7.29. The molecule has 0 radical (unpaired) electrons. The van der Waals surface area contributed by atoms with Gasteiger partial charge in [0.15, 0.2) is 12.0 Å². The van der Waals surface area contributed by atoms with Crippen molar-refractivity contribution >= 4 is 29.7 Å². The summed E-state index contributed by atoms with van der Waals surface area (Å²) in [5, 5.41) is 39.2. The first-order valence-electron chi connectivity index (χ1n) is 14.0. The number of phenolic OH excluding ortho intramolecular Hbond substituents is 2. The summed E-state index contributed by atoms with van der Waals surface area (Å²) in [6.45, 7) is 15.0. The second-order valence-corrected chi connectivity index (χ2v) is 10.8. The van der Waals surface area contributed by atoms with Crippen LogP contribution >= 0.6 is 12.4 Å². The van der Waals surface area contributed by atoms with Crippen molar-refractivity contribution in [1.82, 2.24) is 0 Å². The Morgan fingerprint density at radius 1 is 1.23 bits per heavy atom. The fourth-order valence-corrected chi connectivity index (χ4v) is 5.02. The standard InChI is InChI=1S/C32H47N3O7.ClH/c1-9-13-34-28-23-14-18(2)15-27(41-8)29(37)20(4)16-21(5)31(42-22(6)33)26(40-7)12-10-11-19(3)32(39)35-24(30(23)38)17-25(28)36;/h9-12,16-18,20,26-27,29,31,34,36-38H,1,6,13-15,33H2,2-5,7-8H3,(H,35,39);1H/b12-10-,19-11+,21-16+;/t18-,20+,26+,27+,29-,31+;/m1./s1. The number of carbonyl (C=O) groups is 1. The van der Waals surface area contributed by atoms with Crippen molar-refractivity contribution < 1.29 is 34.3 Å². The largest absolute Gasteiger partial charge is 0.506 e. The highest BCUT2D eigenvalue weighted by atomic mass is 35.5. The highest BCUT2D eigenvalue weighted by Crippen LogP contribution is 2.42. The van der Waals surface area contributed by atoms with E-state index in [2.05, 4.69) is 23.8 Å². The molecule has 1 amide bonds. The molecule has 2 rings (SSSR count). The lowest BCUT2D eigenvalue weighted by Gasteiger charge is -2.30. The molecule has 0 saturated carbocycles. The van der Waals surface area contributed by atoms with Crippen molar-refractivity contribution in [1.29, 1.82) is 0 Å². The molecule has 1 aliphatic rings. The Morgan fingerprint density at radius 2 is 1.91 bits per heavy atom. The van der Waals surface area contributed by atoms with Gasteiger partial charge in [-0.2, -0.15) is 0 Å². The summed E-state index contributed by atoms with van der Waals surface area (Å²) in [6, 6.07) is 1.30. The minimum absolute atomic E-state index is 0. The van der Waals surface area contributed by atoms with E-state index in [1.807, 2.05) is 26.8 Å². The van der Waals surface area contributed by atoms with Crippen molar-refractivity contribution in [3.05, 3.63) is 72.2 Å². The lowest BCUT2D eigenvalue weighted by molar-refractivity contribution is -0.112. The molecule has 10 nitrogen and oxygen atoms in total. The smallest absolute Gasteiger partial charge is 0.251 e. The number of amides is 1. The average molecular weight is 622 g/mol. The summed E-state index contributed by atoms with van der Waals surface area (Å²) in [5.74, 6) is -1.20. The Balaban J connectivity index is 0.00000924. The predicted octanol–water partition coefficient (Wildman–Crippen LogP) is 4.93. The molecule has 11 heteroatoms. The van der Waals surface area contributed by atoms with Crippen LogP contribution in [0.5, 0.6) is 11.5 Å². The zero-order valence-corrected chi connectivity index (χ0v) is 26.7. The maximum Gasteiger partial charge on any atom is 0.251 e. The van der Waals surface area contributed by atoms with E-state index in [9.17, 15) is 20.1 Å². The molecule has 1 aromatic rings. The Bertz CT molecular complexity index is 1210. The van der Waals surface area contributed by atoms with Gasteiger partial charge in [0.05, 0.1) is 23.6 Å². The number of nitrogens with one attached hydrogen (secondary N) is 2. The molecule has 1 heterocycles. The number of benzene rings is 1. The minimum Gasteiger partial charge on any atom is -0.506 e. The number of fused-ring (bicyclic) bond motifs is 2. The number of halogens is 1. The molecule has 1 aliphatic heterocycles. The predicted molar refractivity (Wildman–Crippen MR) is 173 cm³/mol. The number of rotatable bonds is 7. The summed E-state index contributed by atoms with van der Waals surface area (Å²) in [4.78, 5) is 13.0. The van der Waals surface area contributed by atoms with Crippen LogP contribution in [-0.4, -0.2) is 66.4 Å². The SMILES string of the molecule is C=CCNc1c(O)cc2c(O)c1C[C@@H](C)C[C@H](OC)[C@H](O)[C@@H](C)/C=C(\C)[C@H](OC(=C)N)[C@@H](OC)/C=C\C=C(/C)C(=O)N2.Cl. The number of carbonyl (C=O) groups excluding carboxylic acids is 1. The zero-order chi connectivity index (χ0) is 31.6. The van der Waals surface area contributed by atoms with Crippen molar-refractivity contribution in [2.24, 2.45) is 17.6 Å². The van der Waals surface area contributed by atoms with E-state index in [0.29, 0.717) is 36.2 Å². The van der Waals surface area contributed by atoms with Gasteiger partial charge in [-0.1, -0.05) is 44.2 Å². The van der Waals surface area contributed by atoms with E-state index in [1.165, 1.54) is 13.2 Å². The Kier molecular flexibility index (Phi) is 15.4. The monoisotopic (exact) mass is 621 g/mol. The number of aromatic hydroxyl groups is 2. The Morgan fingerprint density at radius 3 is 2.49 bits per heavy atom. The first-order chi connectivity index (χ1) is 19.8. The van der Waals surface area contributed by atoms with Gasteiger partial charge in [-0.3, -0.25) is 4.79 Å². The van der Waals surface area contributed by atoms with Gasteiger partial charge >= 0.3 is 0 Å². The van der Waals surface area contributed by atoms with Crippen molar-refractivity contribution in [2.45, 2.75) is 65.0 Å². The van der Waals surface area contributed by atoms with E-state index >= 15 is 0 Å². The van der Waals surface area contributed by atoms with Crippen LogP contribution in [0.25, 0.3) is 0 Å². The van der Waals surface area contributed by atoms with Crippen LogP contribution in [0.2, 0.25) is 0 Å². The quantitative estimate of drug-likeness (QED) is 0.108. The molecule has 0 unspecified atom stereocenters. The number of anilines is 2. The third-order valence-corrected chi connectivity index (χ3v) is 7.29. The molecule has 1 aromatic carbocycles. The second-order valence-electron chi connectivity index (χ2n) is 10.8. The summed E-state index contributed by atoms with van der Waals surface area (Å²) in [6.07, 6.45) is 6.60. The van der Waals surface area contributed by atoms with Gasteiger partial charge in [-0.15, -0.1) is 19.0 Å². The van der Waals surface area contributed by atoms with Crippen LogP contribution in [0.15, 0.2) is 66.6 Å². The molecule has 2 bridgehead atoms. The fraction of sp³-hybridized carbons (Fsp3) is 0.469. The summed E-state index contributed by atoms with van der Waals surface area (Å²) >= 11 is 0. The van der Waals surface area contributed by atoms with Crippen LogP contribution in [0.3, 0.4) is 0 Å². The number of ether oxygens (including phenoxy) is 3. The van der Waals surface area contributed by atoms with Crippen LogP contribution in [0, 0.1) is 11.8 Å². The molecule has 240 valence electrons. The van der Waals surface area contributed by atoms with Crippen LogP contribution in [0.4, 0.5) is 11.4 Å². The van der Waals surface area contributed by atoms with Crippen LogP contribution < -0.4 is 16.4 Å². The fourth-order valence-electron chi connectivity index (χ4n) is 5.02.